The molecule has 0 radical (unpaired) electrons. The van der Waals surface area contributed by atoms with Crippen LogP contribution >= 0.6 is 11.6 Å². The van der Waals surface area contributed by atoms with Crippen LogP contribution in [-0.4, -0.2) is 144 Å². The zero-order chi connectivity index (χ0) is 36.7. The van der Waals surface area contributed by atoms with Gasteiger partial charge in [-0.05, 0) is 62.3 Å². The van der Waals surface area contributed by atoms with Crippen molar-refractivity contribution in [3.05, 3.63) is 46.9 Å². The number of hydrogen-bond acceptors (Lipinski definition) is 11. The lowest BCUT2D eigenvalue weighted by Crippen LogP contribution is -2.72. The molecule has 284 valence electrons. The lowest BCUT2D eigenvalue weighted by atomic mass is 9.91. The van der Waals surface area contributed by atoms with E-state index in [9.17, 15) is 14.3 Å². The zero-order valence-corrected chi connectivity index (χ0v) is 30.7. The van der Waals surface area contributed by atoms with Crippen LogP contribution in [0.25, 0.3) is 22.2 Å². The van der Waals surface area contributed by atoms with E-state index in [4.69, 9.17) is 25.8 Å². The van der Waals surface area contributed by atoms with E-state index >= 15 is 4.39 Å². The third kappa shape index (κ3) is 7.40. The van der Waals surface area contributed by atoms with Crippen LogP contribution < -0.4 is 9.64 Å². The highest BCUT2D eigenvalue weighted by atomic mass is 35.5. The summed E-state index contributed by atoms with van der Waals surface area (Å²) in [5.41, 5.74) is 0.819. The van der Waals surface area contributed by atoms with Crippen molar-refractivity contribution in [2.75, 3.05) is 90.8 Å². The van der Waals surface area contributed by atoms with Crippen LogP contribution in [0.4, 0.5) is 14.6 Å². The van der Waals surface area contributed by atoms with Crippen LogP contribution in [0, 0.1) is 5.82 Å². The van der Waals surface area contributed by atoms with Gasteiger partial charge in [0.15, 0.2) is 5.82 Å². The Balaban J connectivity index is 0.000000386. The maximum Gasteiger partial charge on any atom is 0.318 e. The highest BCUT2D eigenvalue weighted by molar-refractivity contribution is 6.32. The SMILES string of the molecule is COc1nc(N2CCN(C(=O)/C=C/CN3CCOCC3)C3(COC3)C2)c2cnc(-c3cc(O)cc(Cl)c3C3CC3)c(F)c2n1.FC1CC2CCCN2C1. The number of aromatic hydroxyl groups is 1. The molecule has 1 N–H and O–H groups in total. The number of pyridine rings is 1. The van der Waals surface area contributed by atoms with Crippen molar-refractivity contribution in [2.45, 2.75) is 55.8 Å². The number of anilines is 1. The van der Waals surface area contributed by atoms with Gasteiger partial charge in [0.2, 0.25) is 5.91 Å². The summed E-state index contributed by atoms with van der Waals surface area (Å²) < 4.78 is 45.4. The first-order chi connectivity index (χ1) is 25.7. The summed E-state index contributed by atoms with van der Waals surface area (Å²) in [7, 11) is 1.44. The number of nitrogens with zero attached hydrogens (tertiary/aromatic N) is 7. The smallest absolute Gasteiger partial charge is 0.318 e. The molecule has 6 fully saturated rings. The summed E-state index contributed by atoms with van der Waals surface area (Å²) in [5.74, 6) is -0.0936. The summed E-state index contributed by atoms with van der Waals surface area (Å²) in [6.45, 7) is 7.82. The maximum absolute atomic E-state index is 16.4. The largest absolute Gasteiger partial charge is 0.508 e. The Labute approximate surface area is 312 Å². The highest BCUT2D eigenvalue weighted by Crippen LogP contribution is 2.49. The van der Waals surface area contributed by atoms with E-state index in [2.05, 4.69) is 24.8 Å². The first kappa shape index (κ1) is 36.3. The van der Waals surface area contributed by atoms with Gasteiger partial charge in [-0.25, -0.2) is 8.78 Å². The first-order valence-corrected chi connectivity index (χ1v) is 19.0. The molecule has 9 rings (SSSR count). The van der Waals surface area contributed by atoms with Crippen LogP contribution in [0.15, 0.2) is 30.5 Å². The monoisotopic (exact) mass is 753 g/mol. The molecule has 1 saturated carbocycles. The van der Waals surface area contributed by atoms with E-state index in [1.54, 1.807) is 12.3 Å². The van der Waals surface area contributed by atoms with Crippen molar-refractivity contribution in [3.8, 4) is 23.0 Å². The molecule has 15 heteroatoms. The molecule has 5 aliphatic heterocycles. The third-order valence-corrected chi connectivity index (χ3v) is 11.6. The van der Waals surface area contributed by atoms with Crippen molar-refractivity contribution in [1.82, 2.24) is 29.7 Å². The van der Waals surface area contributed by atoms with Gasteiger partial charge in [0, 0.05) is 74.7 Å². The fourth-order valence-electron chi connectivity index (χ4n) is 8.42. The van der Waals surface area contributed by atoms with Gasteiger partial charge in [0.1, 0.15) is 34.5 Å². The number of piperazine rings is 1. The summed E-state index contributed by atoms with van der Waals surface area (Å²) in [6, 6.07) is 3.61. The van der Waals surface area contributed by atoms with Crippen molar-refractivity contribution in [3.63, 3.8) is 0 Å². The number of amides is 1. The second-order valence-electron chi connectivity index (χ2n) is 14.9. The molecule has 53 heavy (non-hydrogen) atoms. The van der Waals surface area contributed by atoms with E-state index in [1.807, 2.05) is 15.9 Å². The molecule has 1 spiro atoms. The standard InChI is InChI=1S/C31H34ClFN6O5.C7H12FN/c1-42-30-35-28-22(15-34-27(26(28)33)21-13-20(40)14-23(32)25(21)19-4-5-19)29(36-30)38-7-8-39(31(16-38)17-44-18-31)24(41)3-2-6-37-9-11-43-12-10-37;8-6-4-7-2-1-3-9(7)5-6/h2-3,13-15,19,40H,4-12,16-18H2,1H3;6-7H,1-5H2/b3-2+;. The molecule has 0 bridgehead atoms. The van der Waals surface area contributed by atoms with E-state index in [-0.39, 0.29) is 34.8 Å². The summed E-state index contributed by atoms with van der Waals surface area (Å²) in [5, 5.41) is 11.1. The van der Waals surface area contributed by atoms with Gasteiger partial charge in [-0.1, -0.05) is 17.7 Å². The number of phenols is 1. The minimum Gasteiger partial charge on any atom is -0.508 e. The minimum absolute atomic E-state index is 0.0170. The van der Waals surface area contributed by atoms with Crippen LogP contribution in [0.3, 0.4) is 0 Å². The second kappa shape index (κ2) is 15.2. The first-order valence-electron chi connectivity index (χ1n) is 18.6. The molecule has 1 aliphatic carbocycles. The number of ether oxygens (including phenoxy) is 3. The molecule has 2 atom stereocenters. The number of halogens is 3. The zero-order valence-electron chi connectivity index (χ0n) is 30.0. The van der Waals surface area contributed by atoms with Gasteiger partial charge < -0.3 is 29.1 Å². The fourth-order valence-corrected chi connectivity index (χ4v) is 8.79. The number of benzene rings is 1. The second-order valence-corrected chi connectivity index (χ2v) is 15.4. The summed E-state index contributed by atoms with van der Waals surface area (Å²) in [4.78, 5) is 35.3. The number of carbonyl (C=O) groups is 1. The molecular weight excluding hydrogens is 708 g/mol. The summed E-state index contributed by atoms with van der Waals surface area (Å²) >= 11 is 6.50. The molecule has 12 nitrogen and oxygen atoms in total. The van der Waals surface area contributed by atoms with E-state index in [1.165, 1.54) is 32.1 Å². The number of rotatable bonds is 7. The van der Waals surface area contributed by atoms with Gasteiger partial charge in [0.25, 0.3) is 0 Å². The number of phenolic OH excluding ortho intramolecular Hbond substituents is 1. The highest BCUT2D eigenvalue weighted by Gasteiger charge is 2.50. The average molecular weight is 754 g/mol. The molecule has 5 saturated heterocycles. The summed E-state index contributed by atoms with van der Waals surface area (Å²) in [6.07, 6.45) is 9.82. The van der Waals surface area contributed by atoms with Crippen LogP contribution in [0.1, 0.15) is 43.6 Å². The molecule has 2 aromatic heterocycles. The van der Waals surface area contributed by atoms with E-state index in [0.717, 1.165) is 44.5 Å². The molecule has 7 heterocycles. The number of fused-ring (bicyclic) bond motifs is 2. The Hall–Kier alpha value is -3.69. The normalized spacial score (nSPS) is 24.4. The Bertz CT molecular complexity index is 1860. The molecule has 6 aliphatic rings. The Morgan fingerprint density at radius 1 is 1.11 bits per heavy atom. The fraction of sp³-hybridized carbons (Fsp3) is 0.579. The van der Waals surface area contributed by atoms with Gasteiger partial charge in [-0.3, -0.25) is 19.6 Å². The lowest BCUT2D eigenvalue weighted by Gasteiger charge is -2.55. The van der Waals surface area contributed by atoms with Crippen molar-refractivity contribution in [2.24, 2.45) is 0 Å². The molecule has 1 amide bonds. The number of methoxy groups -OCH3 is 1. The van der Waals surface area contributed by atoms with Gasteiger partial charge in [-0.2, -0.15) is 9.97 Å². The molecular formula is C38H46ClF2N7O5. The van der Waals surface area contributed by atoms with Crippen molar-refractivity contribution in [1.29, 1.82) is 0 Å². The molecule has 1 aromatic carbocycles. The van der Waals surface area contributed by atoms with Crippen LogP contribution in [-0.2, 0) is 14.3 Å². The van der Waals surface area contributed by atoms with Crippen molar-refractivity contribution < 1.29 is 32.9 Å². The topological polar surface area (TPSA) is 117 Å². The number of alkyl halides is 1. The van der Waals surface area contributed by atoms with E-state index in [0.29, 0.717) is 87.0 Å². The molecule has 2 unspecified atom stereocenters. The number of morpholine rings is 1. The van der Waals surface area contributed by atoms with Gasteiger partial charge >= 0.3 is 6.01 Å². The minimum atomic E-state index is -0.645. The van der Waals surface area contributed by atoms with Gasteiger partial charge in [0.05, 0.1) is 38.9 Å². The third-order valence-electron chi connectivity index (χ3n) is 11.3. The maximum atomic E-state index is 16.4. The Kier molecular flexibility index (Phi) is 10.4. The number of aromatic nitrogens is 3. The lowest BCUT2D eigenvalue weighted by molar-refractivity contribution is -0.164. The quantitative estimate of drug-likeness (QED) is 0.342. The Morgan fingerprint density at radius 2 is 1.92 bits per heavy atom. The Morgan fingerprint density at radius 3 is 2.64 bits per heavy atom. The van der Waals surface area contributed by atoms with E-state index < -0.39 is 17.5 Å². The predicted molar refractivity (Wildman–Crippen MR) is 196 cm³/mol. The number of carbonyl (C=O) groups excluding carboxylic acids is 1. The number of hydrogen-bond donors (Lipinski definition) is 1. The van der Waals surface area contributed by atoms with Gasteiger partial charge in [-0.15, -0.1) is 0 Å². The molecule has 3 aromatic rings. The predicted octanol–water partition coefficient (Wildman–Crippen LogP) is 4.57. The van der Waals surface area contributed by atoms with Crippen molar-refractivity contribution >= 4 is 34.2 Å². The van der Waals surface area contributed by atoms with Crippen LogP contribution in [0.2, 0.25) is 5.02 Å². The van der Waals surface area contributed by atoms with Crippen LogP contribution in [0.5, 0.6) is 11.8 Å². The average Bonchev–Trinajstić information content (AvgIpc) is 3.78.